The lowest BCUT2D eigenvalue weighted by molar-refractivity contribution is 0.114. The van der Waals surface area contributed by atoms with Gasteiger partial charge in [0.15, 0.2) is 11.9 Å². The SMILES string of the molecule is Clc1cccc(Cl)c1OC(c1ncco1)C1CCNC1. The molecular formula is C14H14Cl2N2O2. The third-order valence-electron chi connectivity index (χ3n) is 3.39. The van der Waals surface area contributed by atoms with E-state index in [4.69, 9.17) is 32.4 Å². The van der Waals surface area contributed by atoms with Crippen LogP contribution in [-0.2, 0) is 0 Å². The summed E-state index contributed by atoms with van der Waals surface area (Å²) in [5.74, 6) is 1.31. The largest absolute Gasteiger partial charge is 0.477 e. The summed E-state index contributed by atoms with van der Waals surface area (Å²) in [5.41, 5.74) is 0. The molecule has 0 bridgehead atoms. The average molecular weight is 313 g/mol. The zero-order valence-corrected chi connectivity index (χ0v) is 12.2. The Kier molecular flexibility index (Phi) is 4.15. The summed E-state index contributed by atoms with van der Waals surface area (Å²) < 4.78 is 11.5. The number of oxazole rings is 1. The van der Waals surface area contributed by atoms with Gasteiger partial charge in [0.1, 0.15) is 6.26 Å². The quantitative estimate of drug-likeness (QED) is 0.935. The zero-order valence-electron chi connectivity index (χ0n) is 10.7. The summed E-state index contributed by atoms with van der Waals surface area (Å²) in [6, 6.07) is 5.29. The van der Waals surface area contributed by atoms with Crippen LogP contribution in [0.3, 0.4) is 0 Å². The Morgan fingerprint density at radius 1 is 1.35 bits per heavy atom. The minimum atomic E-state index is -0.294. The third-order valence-corrected chi connectivity index (χ3v) is 3.98. The lowest BCUT2D eigenvalue weighted by Gasteiger charge is -2.22. The van der Waals surface area contributed by atoms with Crippen LogP contribution in [0.4, 0.5) is 0 Å². The van der Waals surface area contributed by atoms with Crippen LogP contribution in [0.15, 0.2) is 35.1 Å². The highest BCUT2D eigenvalue weighted by atomic mass is 35.5. The van der Waals surface area contributed by atoms with Gasteiger partial charge >= 0.3 is 0 Å². The number of nitrogens with zero attached hydrogens (tertiary/aromatic N) is 1. The molecule has 1 fully saturated rings. The standard InChI is InChI=1S/C14H14Cl2N2O2/c15-10-2-1-3-11(16)13(10)20-12(9-4-5-17-8-9)14-18-6-7-19-14/h1-3,6-7,9,12,17H,4-5,8H2. The summed E-state index contributed by atoms with van der Waals surface area (Å²) in [4.78, 5) is 4.21. The second kappa shape index (κ2) is 6.04. The Morgan fingerprint density at radius 2 is 2.15 bits per heavy atom. The van der Waals surface area contributed by atoms with E-state index in [1.807, 2.05) is 0 Å². The molecular weight excluding hydrogens is 299 g/mol. The van der Waals surface area contributed by atoms with Crippen LogP contribution in [0, 0.1) is 5.92 Å². The van der Waals surface area contributed by atoms with E-state index in [1.54, 1.807) is 30.7 Å². The predicted octanol–water partition coefficient (Wildman–Crippen LogP) is 3.71. The van der Waals surface area contributed by atoms with Crippen molar-refractivity contribution >= 4 is 23.2 Å². The lowest BCUT2D eigenvalue weighted by Crippen LogP contribution is -2.22. The molecule has 0 saturated carbocycles. The van der Waals surface area contributed by atoms with Crippen molar-refractivity contribution in [2.45, 2.75) is 12.5 Å². The first-order chi connectivity index (χ1) is 9.75. The minimum absolute atomic E-state index is 0.279. The molecule has 20 heavy (non-hydrogen) atoms. The molecule has 3 rings (SSSR count). The molecule has 1 saturated heterocycles. The van der Waals surface area contributed by atoms with Crippen LogP contribution in [0.25, 0.3) is 0 Å². The normalized spacial score (nSPS) is 20.0. The van der Waals surface area contributed by atoms with Crippen LogP contribution in [0.1, 0.15) is 18.4 Å². The maximum absolute atomic E-state index is 6.17. The number of halogens is 2. The zero-order chi connectivity index (χ0) is 13.9. The van der Waals surface area contributed by atoms with Gasteiger partial charge in [-0.25, -0.2) is 4.98 Å². The molecule has 1 N–H and O–H groups in total. The first kappa shape index (κ1) is 13.7. The average Bonchev–Trinajstić information content (AvgIpc) is 3.12. The molecule has 2 heterocycles. The number of rotatable bonds is 4. The molecule has 2 aromatic rings. The van der Waals surface area contributed by atoms with Crippen molar-refractivity contribution < 1.29 is 9.15 Å². The van der Waals surface area contributed by atoms with Gasteiger partial charge < -0.3 is 14.5 Å². The second-order valence-electron chi connectivity index (χ2n) is 4.71. The van der Waals surface area contributed by atoms with E-state index in [2.05, 4.69) is 10.3 Å². The number of hydrogen-bond acceptors (Lipinski definition) is 4. The Balaban J connectivity index is 1.90. The Bertz CT molecular complexity index is 548. The number of hydrogen-bond donors (Lipinski definition) is 1. The van der Waals surface area contributed by atoms with Gasteiger partial charge in [-0.15, -0.1) is 0 Å². The molecule has 0 radical (unpaired) electrons. The smallest absolute Gasteiger partial charge is 0.235 e. The van der Waals surface area contributed by atoms with Crippen molar-refractivity contribution in [3.8, 4) is 5.75 Å². The molecule has 4 nitrogen and oxygen atoms in total. The van der Waals surface area contributed by atoms with Gasteiger partial charge in [-0.1, -0.05) is 29.3 Å². The highest BCUT2D eigenvalue weighted by Gasteiger charge is 2.32. The summed E-state index contributed by atoms with van der Waals surface area (Å²) in [7, 11) is 0. The maximum atomic E-state index is 6.17. The van der Waals surface area contributed by atoms with Gasteiger partial charge in [-0.3, -0.25) is 0 Å². The number of aromatic nitrogens is 1. The minimum Gasteiger partial charge on any atom is -0.477 e. The summed E-state index contributed by atoms with van der Waals surface area (Å²) in [6.07, 6.45) is 3.86. The highest BCUT2D eigenvalue weighted by molar-refractivity contribution is 6.37. The van der Waals surface area contributed by atoms with E-state index in [-0.39, 0.29) is 12.0 Å². The predicted molar refractivity (Wildman–Crippen MR) is 77.3 cm³/mol. The van der Waals surface area contributed by atoms with E-state index < -0.39 is 0 Å². The summed E-state index contributed by atoms with van der Waals surface area (Å²) in [6.45, 7) is 1.82. The van der Waals surface area contributed by atoms with Crippen LogP contribution < -0.4 is 10.1 Å². The van der Waals surface area contributed by atoms with Gasteiger partial charge in [0.05, 0.1) is 16.2 Å². The van der Waals surface area contributed by atoms with Gasteiger partial charge in [0.25, 0.3) is 0 Å². The third kappa shape index (κ3) is 2.77. The fourth-order valence-corrected chi connectivity index (χ4v) is 2.87. The Morgan fingerprint density at radius 3 is 2.75 bits per heavy atom. The van der Waals surface area contributed by atoms with E-state index in [0.29, 0.717) is 21.7 Å². The molecule has 6 heteroatoms. The molecule has 0 aliphatic carbocycles. The lowest BCUT2D eigenvalue weighted by atomic mass is 10.0. The van der Waals surface area contributed by atoms with Crippen LogP contribution >= 0.6 is 23.2 Å². The summed E-state index contributed by atoms with van der Waals surface area (Å²) >= 11 is 12.3. The van der Waals surface area contributed by atoms with Gasteiger partial charge in [0, 0.05) is 12.5 Å². The fraction of sp³-hybridized carbons (Fsp3) is 0.357. The Labute approximate surface area is 127 Å². The number of nitrogens with one attached hydrogen (secondary N) is 1. The van der Waals surface area contributed by atoms with Crippen molar-refractivity contribution in [2.24, 2.45) is 5.92 Å². The van der Waals surface area contributed by atoms with Gasteiger partial charge in [-0.05, 0) is 25.1 Å². The van der Waals surface area contributed by atoms with E-state index in [9.17, 15) is 0 Å². The van der Waals surface area contributed by atoms with Crippen LogP contribution in [0.5, 0.6) is 5.75 Å². The van der Waals surface area contributed by atoms with E-state index in [0.717, 1.165) is 19.5 Å². The highest BCUT2D eigenvalue weighted by Crippen LogP contribution is 2.38. The fourth-order valence-electron chi connectivity index (χ4n) is 2.38. The van der Waals surface area contributed by atoms with E-state index in [1.165, 1.54) is 0 Å². The van der Waals surface area contributed by atoms with Crippen molar-refractivity contribution in [3.63, 3.8) is 0 Å². The van der Waals surface area contributed by atoms with Crippen molar-refractivity contribution in [2.75, 3.05) is 13.1 Å². The molecule has 1 aromatic carbocycles. The topological polar surface area (TPSA) is 47.3 Å². The van der Waals surface area contributed by atoms with Crippen LogP contribution in [-0.4, -0.2) is 18.1 Å². The molecule has 0 amide bonds. The first-order valence-corrected chi connectivity index (χ1v) is 7.22. The maximum Gasteiger partial charge on any atom is 0.235 e. The van der Waals surface area contributed by atoms with Crippen LogP contribution in [0.2, 0.25) is 10.0 Å². The molecule has 1 aliphatic heterocycles. The summed E-state index contributed by atoms with van der Waals surface area (Å²) in [5, 5.41) is 4.29. The van der Waals surface area contributed by atoms with Crippen molar-refractivity contribution in [1.82, 2.24) is 10.3 Å². The molecule has 106 valence electrons. The number of para-hydroxylation sites is 1. The Hall–Kier alpha value is -1.23. The van der Waals surface area contributed by atoms with Gasteiger partial charge in [-0.2, -0.15) is 0 Å². The molecule has 1 aliphatic rings. The first-order valence-electron chi connectivity index (χ1n) is 6.46. The molecule has 0 spiro atoms. The number of benzene rings is 1. The van der Waals surface area contributed by atoms with Crippen molar-refractivity contribution in [3.05, 3.63) is 46.6 Å². The molecule has 1 aromatic heterocycles. The molecule has 2 unspecified atom stereocenters. The second-order valence-corrected chi connectivity index (χ2v) is 5.53. The van der Waals surface area contributed by atoms with Gasteiger partial charge in [0.2, 0.25) is 5.89 Å². The molecule has 2 atom stereocenters. The number of ether oxygens (including phenoxy) is 1. The monoisotopic (exact) mass is 312 g/mol. The van der Waals surface area contributed by atoms with Crippen molar-refractivity contribution in [1.29, 1.82) is 0 Å². The van der Waals surface area contributed by atoms with E-state index >= 15 is 0 Å².